The Morgan fingerprint density at radius 1 is 1.14 bits per heavy atom. The van der Waals surface area contributed by atoms with E-state index in [1.807, 2.05) is 24.7 Å². The second-order valence-corrected chi connectivity index (χ2v) is 5.52. The van der Waals surface area contributed by atoms with Crippen molar-refractivity contribution < 1.29 is 9.47 Å². The summed E-state index contributed by atoms with van der Waals surface area (Å²) in [5.41, 5.74) is 2.28. The van der Waals surface area contributed by atoms with Crippen LogP contribution < -0.4 is 14.8 Å². The summed E-state index contributed by atoms with van der Waals surface area (Å²) in [6.45, 7) is 2.50. The number of nitrogens with one attached hydrogen (secondary N) is 1. The molecule has 5 heteroatoms. The molecule has 1 aromatic carbocycles. The molecule has 2 aromatic rings. The third-order valence-electron chi connectivity index (χ3n) is 4.09. The number of hydrogen-bond acceptors (Lipinski definition) is 4. The fourth-order valence-electron chi connectivity index (χ4n) is 3.02. The highest BCUT2D eigenvalue weighted by atomic mass is 16.5. The summed E-state index contributed by atoms with van der Waals surface area (Å²) < 4.78 is 13.6. The van der Waals surface area contributed by atoms with Crippen LogP contribution in [0.2, 0.25) is 0 Å². The number of nitrogens with zero attached hydrogens (tertiary/aromatic N) is 2. The number of benzene rings is 1. The van der Waals surface area contributed by atoms with Crippen molar-refractivity contribution in [3.05, 3.63) is 36.4 Å². The number of ether oxygens (including phenoxy) is 2. The number of rotatable bonds is 2. The maximum atomic E-state index is 5.78. The lowest BCUT2D eigenvalue weighted by Crippen LogP contribution is -2.16. The van der Waals surface area contributed by atoms with Crippen LogP contribution >= 0.6 is 0 Å². The van der Waals surface area contributed by atoms with E-state index in [1.54, 1.807) is 0 Å². The van der Waals surface area contributed by atoms with E-state index in [9.17, 15) is 0 Å². The zero-order valence-electron chi connectivity index (χ0n) is 11.9. The van der Waals surface area contributed by atoms with E-state index in [0.717, 1.165) is 36.6 Å². The van der Waals surface area contributed by atoms with Gasteiger partial charge in [-0.05, 0) is 31.5 Å². The molecule has 1 atom stereocenters. The standard InChI is InChI=1S/C16H19N3O2/c1-3-13(18-6-1)14-10-17-11-19(14)12-4-5-15-16(9-12)21-8-2-7-20-15/h4-5,9-11,13,18H,1-3,6-8H2. The quantitative estimate of drug-likeness (QED) is 0.921. The fourth-order valence-corrected chi connectivity index (χ4v) is 3.02. The monoisotopic (exact) mass is 285 g/mol. The summed E-state index contributed by atoms with van der Waals surface area (Å²) in [4.78, 5) is 4.32. The molecule has 3 heterocycles. The van der Waals surface area contributed by atoms with Gasteiger partial charge < -0.3 is 19.4 Å². The van der Waals surface area contributed by atoms with Crippen molar-refractivity contribution in [2.75, 3.05) is 19.8 Å². The average Bonchev–Trinajstić information content (AvgIpc) is 3.13. The summed E-state index contributed by atoms with van der Waals surface area (Å²) in [6, 6.07) is 6.49. The molecular weight excluding hydrogens is 266 g/mol. The third-order valence-corrected chi connectivity index (χ3v) is 4.09. The van der Waals surface area contributed by atoms with Gasteiger partial charge in [-0.2, -0.15) is 0 Å². The Kier molecular flexibility index (Phi) is 3.27. The lowest BCUT2D eigenvalue weighted by atomic mass is 10.1. The average molecular weight is 285 g/mol. The van der Waals surface area contributed by atoms with Crippen LogP contribution in [0.25, 0.3) is 5.69 Å². The van der Waals surface area contributed by atoms with E-state index < -0.39 is 0 Å². The van der Waals surface area contributed by atoms with Gasteiger partial charge in [0.25, 0.3) is 0 Å². The minimum Gasteiger partial charge on any atom is -0.490 e. The first kappa shape index (κ1) is 12.7. The SMILES string of the molecule is c1cc2c(cc1-n1cncc1C1CCCN1)OCCCO2. The molecule has 1 unspecified atom stereocenters. The second-order valence-electron chi connectivity index (χ2n) is 5.52. The third kappa shape index (κ3) is 2.38. The van der Waals surface area contributed by atoms with Crippen LogP contribution in [0.3, 0.4) is 0 Å². The van der Waals surface area contributed by atoms with Gasteiger partial charge in [-0.25, -0.2) is 4.98 Å². The molecule has 2 aliphatic rings. The van der Waals surface area contributed by atoms with Crippen molar-refractivity contribution in [3.8, 4) is 17.2 Å². The van der Waals surface area contributed by atoms with Crippen LogP contribution in [0.4, 0.5) is 0 Å². The summed E-state index contributed by atoms with van der Waals surface area (Å²) in [5.74, 6) is 1.65. The van der Waals surface area contributed by atoms with Crippen molar-refractivity contribution in [2.45, 2.75) is 25.3 Å². The molecule has 4 rings (SSSR count). The Labute approximate surface area is 123 Å². The molecule has 0 spiro atoms. The lowest BCUT2D eigenvalue weighted by molar-refractivity contribution is 0.297. The molecule has 1 N–H and O–H groups in total. The Morgan fingerprint density at radius 3 is 2.90 bits per heavy atom. The molecule has 0 aliphatic carbocycles. The van der Waals surface area contributed by atoms with Gasteiger partial charge in [0.15, 0.2) is 11.5 Å². The Bertz CT molecular complexity index is 632. The highest BCUT2D eigenvalue weighted by molar-refractivity contribution is 5.49. The highest BCUT2D eigenvalue weighted by Gasteiger charge is 2.21. The molecule has 0 radical (unpaired) electrons. The minimum absolute atomic E-state index is 0.392. The summed E-state index contributed by atoms with van der Waals surface area (Å²) >= 11 is 0. The smallest absolute Gasteiger partial charge is 0.163 e. The van der Waals surface area contributed by atoms with Crippen LogP contribution in [0.5, 0.6) is 11.5 Å². The highest BCUT2D eigenvalue weighted by Crippen LogP contribution is 2.33. The first-order valence-corrected chi connectivity index (χ1v) is 7.57. The molecular formula is C16H19N3O2. The van der Waals surface area contributed by atoms with Crippen molar-refractivity contribution >= 4 is 0 Å². The van der Waals surface area contributed by atoms with Gasteiger partial charge in [0.1, 0.15) is 0 Å². The number of aromatic nitrogens is 2. The van der Waals surface area contributed by atoms with E-state index in [0.29, 0.717) is 19.3 Å². The van der Waals surface area contributed by atoms with E-state index in [2.05, 4.69) is 20.9 Å². The Balaban J connectivity index is 1.70. The molecule has 2 aliphatic heterocycles. The first-order chi connectivity index (χ1) is 10.4. The molecule has 1 fully saturated rings. The first-order valence-electron chi connectivity index (χ1n) is 7.57. The van der Waals surface area contributed by atoms with Crippen molar-refractivity contribution in [2.24, 2.45) is 0 Å². The summed E-state index contributed by atoms with van der Waals surface area (Å²) in [6.07, 6.45) is 7.13. The minimum atomic E-state index is 0.392. The van der Waals surface area contributed by atoms with Gasteiger partial charge in [0.05, 0.1) is 37.1 Å². The van der Waals surface area contributed by atoms with E-state index >= 15 is 0 Å². The number of hydrogen-bond donors (Lipinski definition) is 1. The second kappa shape index (κ2) is 5.41. The predicted molar refractivity (Wildman–Crippen MR) is 79.1 cm³/mol. The van der Waals surface area contributed by atoms with Crippen LogP contribution in [0.1, 0.15) is 31.0 Å². The van der Waals surface area contributed by atoms with Crippen LogP contribution in [-0.2, 0) is 0 Å². The van der Waals surface area contributed by atoms with Crippen molar-refractivity contribution in [1.29, 1.82) is 0 Å². The largest absolute Gasteiger partial charge is 0.490 e. The van der Waals surface area contributed by atoms with Gasteiger partial charge in [-0.1, -0.05) is 0 Å². The summed E-state index contributed by atoms with van der Waals surface area (Å²) in [7, 11) is 0. The van der Waals surface area contributed by atoms with Gasteiger partial charge in [-0.3, -0.25) is 0 Å². The van der Waals surface area contributed by atoms with Gasteiger partial charge >= 0.3 is 0 Å². The molecule has 0 bridgehead atoms. The maximum absolute atomic E-state index is 5.78. The zero-order chi connectivity index (χ0) is 14.1. The molecule has 0 amide bonds. The molecule has 1 saturated heterocycles. The van der Waals surface area contributed by atoms with Gasteiger partial charge in [-0.15, -0.1) is 0 Å². The van der Waals surface area contributed by atoms with E-state index in [1.165, 1.54) is 12.1 Å². The predicted octanol–water partition coefficient (Wildman–Crippen LogP) is 2.46. The molecule has 1 aromatic heterocycles. The molecule has 21 heavy (non-hydrogen) atoms. The fraction of sp³-hybridized carbons (Fsp3) is 0.438. The molecule has 0 saturated carbocycles. The van der Waals surface area contributed by atoms with Crippen molar-refractivity contribution in [3.63, 3.8) is 0 Å². The molecule has 5 nitrogen and oxygen atoms in total. The summed E-state index contributed by atoms with van der Waals surface area (Å²) in [5, 5.41) is 3.52. The lowest BCUT2D eigenvalue weighted by Gasteiger charge is -2.15. The maximum Gasteiger partial charge on any atom is 0.163 e. The Morgan fingerprint density at radius 2 is 2.05 bits per heavy atom. The van der Waals surface area contributed by atoms with E-state index in [-0.39, 0.29) is 0 Å². The number of fused-ring (bicyclic) bond motifs is 1. The molecule has 110 valence electrons. The van der Waals surface area contributed by atoms with Gasteiger partial charge in [0.2, 0.25) is 0 Å². The Hall–Kier alpha value is -2.01. The number of imidazole rings is 1. The van der Waals surface area contributed by atoms with Crippen molar-refractivity contribution in [1.82, 2.24) is 14.9 Å². The van der Waals surface area contributed by atoms with Crippen LogP contribution in [0, 0.1) is 0 Å². The topological polar surface area (TPSA) is 48.3 Å². The van der Waals surface area contributed by atoms with Crippen LogP contribution in [-0.4, -0.2) is 29.3 Å². The van der Waals surface area contributed by atoms with Crippen LogP contribution in [0.15, 0.2) is 30.7 Å². The van der Waals surface area contributed by atoms with E-state index in [4.69, 9.17) is 9.47 Å². The zero-order valence-corrected chi connectivity index (χ0v) is 11.9. The van der Waals surface area contributed by atoms with Gasteiger partial charge in [0, 0.05) is 18.5 Å². The normalized spacial score (nSPS) is 21.2.